The van der Waals surface area contributed by atoms with Crippen LogP contribution in [0.25, 0.3) is 0 Å². The highest BCUT2D eigenvalue weighted by molar-refractivity contribution is 5.24. The van der Waals surface area contributed by atoms with E-state index < -0.39 is 0 Å². The molecule has 2 N–H and O–H groups in total. The van der Waals surface area contributed by atoms with Gasteiger partial charge in [-0.3, -0.25) is 0 Å². The molecule has 1 saturated carbocycles. The first-order valence-corrected chi connectivity index (χ1v) is 7.62. The molecule has 0 unspecified atom stereocenters. The zero-order valence-electron chi connectivity index (χ0n) is 12.2. The number of nitrogens with one attached hydrogen (secondary N) is 1. The Kier molecular flexibility index (Phi) is 5.41. The van der Waals surface area contributed by atoms with E-state index in [2.05, 4.69) is 43.4 Å². The van der Waals surface area contributed by atoms with Crippen LogP contribution >= 0.6 is 0 Å². The van der Waals surface area contributed by atoms with Crippen molar-refractivity contribution >= 4 is 0 Å². The van der Waals surface area contributed by atoms with Crippen molar-refractivity contribution in [1.82, 2.24) is 5.32 Å². The van der Waals surface area contributed by atoms with Gasteiger partial charge >= 0.3 is 0 Å². The SMILES string of the molecule is CC(C)c1ccc(CNCC2CCC(O)CC2)cc1. The van der Waals surface area contributed by atoms with Gasteiger partial charge in [-0.25, -0.2) is 0 Å². The van der Waals surface area contributed by atoms with Crippen molar-refractivity contribution in [3.63, 3.8) is 0 Å². The second kappa shape index (κ2) is 7.06. The fraction of sp³-hybridized carbons (Fsp3) is 0.647. The lowest BCUT2D eigenvalue weighted by Crippen LogP contribution is -2.27. The lowest BCUT2D eigenvalue weighted by molar-refractivity contribution is 0.108. The van der Waals surface area contributed by atoms with E-state index in [0.29, 0.717) is 5.92 Å². The molecule has 0 aromatic heterocycles. The minimum atomic E-state index is -0.0418. The average Bonchev–Trinajstić information content (AvgIpc) is 2.41. The highest BCUT2D eigenvalue weighted by Crippen LogP contribution is 2.23. The maximum atomic E-state index is 9.48. The Morgan fingerprint density at radius 3 is 2.32 bits per heavy atom. The van der Waals surface area contributed by atoms with Crippen LogP contribution in [0.4, 0.5) is 0 Å². The summed E-state index contributed by atoms with van der Waals surface area (Å²) in [7, 11) is 0. The van der Waals surface area contributed by atoms with Gasteiger partial charge in [0, 0.05) is 6.54 Å². The maximum Gasteiger partial charge on any atom is 0.0540 e. The van der Waals surface area contributed by atoms with E-state index in [9.17, 15) is 5.11 Å². The first kappa shape index (κ1) is 14.5. The molecule has 1 aromatic rings. The van der Waals surface area contributed by atoms with E-state index in [1.165, 1.54) is 24.0 Å². The third-order valence-corrected chi connectivity index (χ3v) is 4.22. The minimum Gasteiger partial charge on any atom is -0.393 e. The van der Waals surface area contributed by atoms with Gasteiger partial charge in [-0.1, -0.05) is 38.1 Å². The summed E-state index contributed by atoms with van der Waals surface area (Å²) in [6.45, 7) is 6.49. The second-order valence-corrected chi connectivity index (χ2v) is 6.20. The zero-order valence-corrected chi connectivity index (χ0v) is 12.2. The van der Waals surface area contributed by atoms with Gasteiger partial charge in [0.25, 0.3) is 0 Å². The van der Waals surface area contributed by atoms with Gasteiger partial charge in [0.2, 0.25) is 0 Å². The summed E-state index contributed by atoms with van der Waals surface area (Å²) in [4.78, 5) is 0. The van der Waals surface area contributed by atoms with Crippen molar-refractivity contribution < 1.29 is 5.11 Å². The second-order valence-electron chi connectivity index (χ2n) is 6.20. The predicted molar refractivity (Wildman–Crippen MR) is 80.2 cm³/mol. The molecule has 0 atom stereocenters. The molecule has 0 spiro atoms. The minimum absolute atomic E-state index is 0.0418. The van der Waals surface area contributed by atoms with Crippen LogP contribution in [0.5, 0.6) is 0 Å². The van der Waals surface area contributed by atoms with Gasteiger partial charge in [0.15, 0.2) is 0 Å². The fourth-order valence-electron chi connectivity index (χ4n) is 2.79. The summed E-state index contributed by atoms with van der Waals surface area (Å²) in [6, 6.07) is 8.93. The third-order valence-electron chi connectivity index (χ3n) is 4.22. The summed E-state index contributed by atoms with van der Waals surface area (Å²) in [6.07, 6.45) is 4.26. The van der Waals surface area contributed by atoms with E-state index in [1.807, 2.05) is 0 Å². The van der Waals surface area contributed by atoms with Crippen LogP contribution in [-0.2, 0) is 6.54 Å². The van der Waals surface area contributed by atoms with E-state index in [1.54, 1.807) is 0 Å². The van der Waals surface area contributed by atoms with Gasteiger partial charge in [0.1, 0.15) is 0 Å². The molecule has 1 aliphatic carbocycles. The Hall–Kier alpha value is -0.860. The normalized spacial score (nSPS) is 23.8. The fourth-order valence-corrected chi connectivity index (χ4v) is 2.79. The number of aliphatic hydroxyl groups excluding tert-OH is 1. The number of aliphatic hydroxyl groups is 1. The van der Waals surface area contributed by atoms with Crippen molar-refractivity contribution in [2.24, 2.45) is 5.92 Å². The quantitative estimate of drug-likeness (QED) is 0.851. The molecule has 1 fully saturated rings. The van der Waals surface area contributed by atoms with Crippen LogP contribution < -0.4 is 5.32 Å². The lowest BCUT2D eigenvalue weighted by atomic mass is 9.87. The highest BCUT2D eigenvalue weighted by Gasteiger charge is 2.18. The summed E-state index contributed by atoms with van der Waals surface area (Å²) < 4.78 is 0. The lowest BCUT2D eigenvalue weighted by Gasteiger charge is -2.25. The topological polar surface area (TPSA) is 32.3 Å². The molecule has 0 bridgehead atoms. The monoisotopic (exact) mass is 261 g/mol. The number of benzene rings is 1. The summed E-state index contributed by atoms with van der Waals surface area (Å²) in [5.74, 6) is 1.36. The summed E-state index contributed by atoms with van der Waals surface area (Å²) in [5, 5.41) is 13.0. The molecule has 2 rings (SSSR count). The van der Waals surface area contributed by atoms with Gasteiger partial charge in [0.05, 0.1) is 6.10 Å². The molecule has 1 aromatic carbocycles. The van der Waals surface area contributed by atoms with Crippen molar-refractivity contribution in [1.29, 1.82) is 0 Å². The largest absolute Gasteiger partial charge is 0.393 e. The first-order chi connectivity index (χ1) is 9.15. The Morgan fingerprint density at radius 1 is 1.11 bits per heavy atom. The van der Waals surface area contributed by atoms with Crippen LogP contribution in [0.3, 0.4) is 0 Å². The van der Waals surface area contributed by atoms with E-state index in [-0.39, 0.29) is 6.10 Å². The van der Waals surface area contributed by atoms with Crippen LogP contribution in [0.2, 0.25) is 0 Å². The molecule has 0 aliphatic heterocycles. The molecule has 2 heteroatoms. The molecular weight excluding hydrogens is 234 g/mol. The Morgan fingerprint density at radius 2 is 1.74 bits per heavy atom. The Balaban J connectivity index is 1.70. The van der Waals surface area contributed by atoms with Crippen LogP contribution in [-0.4, -0.2) is 17.8 Å². The Labute approximate surface area is 117 Å². The van der Waals surface area contributed by atoms with E-state index >= 15 is 0 Å². The van der Waals surface area contributed by atoms with Gasteiger partial charge in [-0.05, 0) is 55.2 Å². The standard InChI is InChI=1S/C17H27NO/c1-13(2)16-7-3-14(4-8-16)11-18-12-15-5-9-17(19)10-6-15/h3-4,7-8,13,15,17-19H,5-6,9-12H2,1-2H3. The number of hydrogen-bond acceptors (Lipinski definition) is 2. The highest BCUT2D eigenvalue weighted by atomic mass is 16.3. The first-order valence-electron chi connectivity index (χ1n) is 7.62. The summed E-state index contributed by atoms with van der Waals surface area (Å²) in [5.41, 5.74) is 2.77. The summed E-state index contributed by atoms with van der Waals surface area (Å²) >= 11 is 0. The van der Waals surface area contributed by atoms with Gasteiger partial charge in [-0.15, -0.1) is 0 Å². The van der Waals surface area contributed by atoms with Crippen molar-refractivity contribution in [3.05, 3.63) is 35.4 Å². The molecule has 19 heavy (non-hydrogen) atoms. The van der Waals surface area contributed by atoms with Crippen LogP contribution in [0, 0.1) is 5.92 Å². The van der Waals surface area contributed by atoms with E-state index in [0.717, 1.165) is 31.8 Å². The van der Waals surface area contributed by atoms with Gasteiger partial charge < -0.3 is 10.4 Å². The molecular formula is C17H27NO. The smallest absolute Gasteiger partial charge is 0.0540 e. The van der Waals surface area contributed by atoms with Crippen molar-refractivity contribution in [2.45, 2.75) is 58.1 Å². The molecule has 2 nitrogen and oxygen atoms in total. The van der Waals surface area contributed by atoms with Gasteiger partial charge in [-0.2, -0.15) is 0 Å². The predicted octanol–water partition coefficient (Wildman–Crippen LogP) is 3.45. The van der Waals surface area contributed by atoms with Crippen molar-refractivity contribution in [3.8, 4) is 0 Å². The van der Waals surface area contributed by atoms with Crippen LogP contribution in [0.15, 0.2) is 24.3 Å². The van der Waals surface area contributed by atoms with Crippen LogP contribution in [0.1, 0.15) is 56.6 Å². The van der Waals surface area contributed by atoms with E-state index in [4.69, 9.17) is 0 Å². The van der Waals surface area contributed by atoms with Crippen molar-refractivity contribution in [2.75, 3.05) is 6.54 Å². The molecule has 0 saturated heterocycles. The third kappa shape index (κ3) is 4.63. The molecule has 0 amide bonds. The number of rotatable bonds is 5. The molecule has 0 radical (unpaired) electrons. The maximum absolute atomic E-state index is 9.48. The molecule has 0 heterocycles. The molecule has 1 aliphatic rings. The average molecular weight is 261 g/mol. The molecule has 106 valence electrons. The zero-order chi connectivity index (χ0) is 13.7. The Bertz CT molecular complexity index is 363. The number of hydrogen-bond donors (Lipinski definition) is 2.